The molecule has 1 aliphatic rings. The molecule has 1 N–H and O–H groups in total. The number of hydrogen-bond donors (Lipinski definition) is 1. The molecule has 0 aromatic carbocycles. The van der Waals surface area contributed by atoms with Gasteiger partial charge in [0.25, 0.3) is 0 Å². The first-order valence-corrected chi connectivity index (χ1v) is 5.51. The molecular formula is C12H17N2O3-. The normalized spacial score (nSPS) is 20.4. The zero-order valence-corrected chi connectivity index (χ0v) is 10.3. The number of allylic oxidation sites excluding steroid dienone is 4. The van der Waals surface area contributed by atoms with Crippen molar-refractivity contribution in [2.24, 2.45) is 5.18 Å². The Kier molecular flexibility index (Phi) is 4.45. The highest BCUT2D eigenvalue weighted by atomic mass is 16.5. The molecule has 0 spiro atoms. The fraction of sp³-hybridized carbons (Fsp3) is 0.500. The maximum atomic E-state index is 10.8. The molecule has 0 radical (unpaired) electrons. The summed E-state index contributed by atoms with van der Waals surface area (Å²) in [5, 5.41) is 13.7. The highest BCUT2D eigenvalue weighted by Crippen LogP contribution is 2.33. The van der Waals surface area contributed by atoms with Gasteiger partial charge in [-0.15, -0.1) is 4.91 Å². The van der Waals surface area contributed by atoms with E-state index < -0.39 is 5.60 Å². The highest BCUT2D eigenvalue weighted by Gasteiger charge is 2.29. The van der Waals surface area contributed by atoms with Crippen LogP contribution >= 0.6 is 0 Å². The second-order valence-corrected chi connectivity index (χ2v) is 4.44. The maximum Gasteiger partial charge on any atom is 0.167 e. The number of hydrogen-bond acceptors (Lipinski definition) is 5. The van der Waals surface area contributed by atoms with Gasteiger partial charge < -0.3 is 15.4 Å². The van der Waals surface area contributed by atoms with Crippen LogP contribution in [0.3, 0.4) is 0 Å². The number of rotatable bonds is 4. The Labute approximate surface area is 101 Å². The van der Waals surface area contributed by atoms with Gasteiger partial charge in [0.15, 0.2) is 11.5 Å². The molecule has 1 rings (SSSR count). The van der Waals surface area contributed by atoms with Crippen molar-refractivity contribution in [2.45, 2.75) is 39.2 Å². The molecule has 0 amide bonds. The quantitative estimate of drug-likeness (QED) is 0.463. The van der Waals surface area contributed by atoms with Crippen molar-refractivity contribution in [1.82, 2.24) is 5.48 Å². The summed E-state index contributed by atoms with van der Waals surface area (Å²) < 4.78 is 5.65. The average Bonchev–Trinajstić information content (AvgIpc) is 2.29. The lowest BCUT2D eigenvalue weighted by Crippen LogP contribution is -2.31. The van der Waals surface area contributed by atoms with E-state index in [9.17, 15) is 10.1 Å². The summed E-state index contributed by atoms with van der Waals surface area (Å²) in [6.45, 7) is 5.64. The summed E-state index contributed by atoms with van der Waals surface area (Å²) in [5.74, 6) is 0.254. The van der Waals surface area contributed by atoms with Crippen LogP contribution in [0.4, 0.5) is 0 Å². The third kappa shape index (κ3) is 3.42. The van der Waals surface area contributed by atoms with E-state index in [1.807, 2.05) is 26.3 Å². The van der Waals surface area contributed by atoms with Crippen molar-refractivity contribution in [3.05, 3.63) is 45.5 Å². The Bertz CT molecular complexity index is 381. The molecule has 5 heteroatoms. The zero-order valence-electron chi connectivity index (χ0n) is 10.3. The van der Waals surface area contributed by atoms with E-state index in [1.165, 1.54) is 6.08 Å². The monoisotopic (exact) mass is 237 g/mol. The first-order chi connectivity index (χ1) is 8.04. The van der Waals surface area contributed by atoms with Crippen LogP contribution in [-0.4, -0.2) is 5.60 Å². The summed E-state index contributed by atoms with van der Waals surface area (Å²) in [4.78, 5) is 10.8. The van der Waals surface area contributed by atoms with Gasteiger partial charge in [-0.25, -0.2) is 0 Å². The van der Waals surface area contributed by atoms with Gasteiger partial charge in [-0.1, -0.05) is 12.2 Å². The van der Waals surface area contributed by atoms with E-state index in [0.717, 1.165) is 6.42 Å². The SMILES string of the molecule is C/C=C/C=C(/N=O)C1=C(N[O-])CCC(C)(C)O1. The molecule has 94 valence electrons. The van der Waals surface area contributed by atoms with Crippen LogP contribution in [0.5, 0.6) is 0 Å². The number of ether oxygens (including phenoxy) is 1. The molecule has 1 heterocycles. The Balaban J connectivity index is 3.12. The third-order valence-electron chi connectivity index (χ3n) is 2.53. The van der Waals surface area contributed by atoms with Crippen molar-refractivity contribution in [3.8, 4) is 0 Å². The molecule has 17 heavy (non-hydrogen) atoms. The molecular weight excluding hydrogens is 220 g/mol. The Morgan fingerprint density at radius 3 is 2.82 bits per heavy atom. The molecule has 0 atom stereocenters. The fourth-order valence-electron chi connectivity index (χ4n) is 1.57. The van der Waals surface area contributed by atoms with Crippen LogP contribution in [0, 0.1) is 10.1 Å². The van der Waals surface area contributed by atoms with Gasteiger partial charge in [-0.3, -0.25) is 0 Å². The second-order valence-electron chi connectivity index (χ2n) is 4.44. The van der Waals surface area contributed by atoms with Crippen LogP contribution in [0.25, 0.3) is 0 Å². The van der Waals surface area contributed by atoms with Crippen molar-refractivity contribution < 1.29 is 4.74 Å². The molecule has 0 bridgehead atoms. The van der Waals surface area contributed by atoms with E-state index in [-0.39, 0.29) is 11.5 Å². The first-order valence-electron chi connectivity index (χ1n) is 5.51. The van der Waals surface area contributed by atoms with Gasteiger partial charge in [0, 0.05) is 5.70 Å². The van der Waals surface area contributed by atoms with Gasteiger partial charge in [0.2, 0.25) is 0 Å². The lowest BCUT2D eigenvalue weighted by molar-refractivity contribution is 0.0157. The minimum absolute atomic E-state index is 0.134. The van der Waals surface area contributed by atoms with E-state index >= 15 is 0 Å². The van der Waals surface area contributed by atoms with E-state index in [4.69, 9.17) is 4.74 Å². The summed E-state index contributed by atoms with van der Waals surface area (Å²) in [6, 6.07) is 0. The standard InChI is InChI=1S/C12H17N2O3/c1-4-5-6-9(13-15)11-10(14-16)7-8-12(2,3)17-11/h4-6,14H,7-8H2,1-3H3/q-1/b5-4+,9-6+. The van der Waals surface area contributed by atoms with Crippen LogP contribution in [0.15, 0.2) is 40.6 Å². The molecule has 0 saturated carbocycles. The molecule has 0 aliphatic carbocycles. The van der Waals surface area contributed by atoms with Crippen molar-refractivity contribution in [3.63, 3.8) is 0 Å². The van der Waals surface area contributed by atoms with Crippen molar-refractivity contribution in [2.75, 3.05) is 0 Å². The maximum absolute atomic E-state index is 10.8. The molecule has 0 fully saturated rings. The Morgan fingerprint density at radius 2 is 2.29 bits per heavy atom. The smallest absolute Gasteiger partial charge is 0.167 e. The number of nitrogens with one attached hydrogen (secondary N) is 1. The summed E-state index contributed by atoms with van der Waals surface area (Å²) in [6.07, 6.45) is 6.24. The lowest BCUT2D eigenvalue weighted by atomic mass is 9.97. The van der Waals surface area contributed by atoms with Gasteiger partial charge >= 0.3 is 0 Å². The largest absolute Gasteiger partial charge is 0.761 e. The third-order valence-corrected chi connectivity index (χ3v) is 2.53. The first kappa shape index (κ1) is 13.4. The van der Waals surface area contributed by atoms with Crippen LogP contribution < -0.4 is 5.48 Å². The Hall–Kier alpha value is -1.62. The topological polar surface area (TPSA) is 73.8 Å². The predicted molar refractivity (Wildman–Crippen MR) is 66.6 cm³/mol. The van der Waals surface area contributed by atoms with Crippen LogP contribution in [0.1, 0.15) is 33.6 Å². The van der Waals surface area contributed by atoms with Crippen LogP contribution in [0.2, 0.25) is 0 Å². The van der Waals surface area contributed by atoms with Gasteiger partial charge in [-0.05, 0) is 44.9 Å². The molecule has 0 aromatic heterocycles. The lowest BCUT2D eigenvalue weighted by Gasteiger charge is -2.35. The van der Waals surface area contributed by atoms with Crippen LogP contribution in [-0.2, 0) is 4.74 Å². The minimum atomic E-state index is -0.393. The fourth-order valence-corrected chi connectivity index (χ4v) is 1.57. The van der Waals surface area contributed by atoms with Gasteiger partial charge in [-0.2, -0.15) is 0 Å². The summed E-state index contributed by atoms with van der Waals surface area (Å²) in [7, 11) is 0. The van der Waals surface area contributed by atoms with E-state index in [0.29, 0.717) is 12.1 Å². The summed E-state index contributed by atoms with van der Waals surface area (Å²) in [5.41, 5.74) is 1.94. The van der Waals surface area contributed by atoms with E-state index in [2.05, 4.69) is 5.18 Å². The number of hydroxylamine groups is 1. The van der Waals surface area contributed by atoms with E-state index in [1.54, 1.807) is 12.2 Å². The molecule has 1 aliphatic heterocycles. The van der Waals surface area contributed by atoms with Gasteiger partial charge in [0.1, 0.15) is 5.60 Å². The zero-order chi connectivity index (χ0) is 12.9. The second kappa shape index (κ2) is 5.63. The predicted octanol–water partition coefficient (Wildman–Crippen LogP) is 3.10. The van der Waals surface area contributed by atoms with Gasteiger partial charge in [0.05, 0.1) is 0 Å². The highest BCUT2D eigenvalue weighted by molar-refractivity contribution is 5.34. The average molecular weight is 237 g/mol. The molecule has 0 saturated heterocycles. The summed E-state index contributed by atoms with van der Waals surface area (Å²) >= 11 is 0. The molecule has 0 aromatic rings. The number of nitroso groups, excluding NO2 is 1. The van der Waals surface area contributed by atoms with Crippen molar-refractivity contribution in [1.29, 1.82) is 0 Å². The minimum Gasteiger partial charge on any atom is -0.761 e. The Morgan fingerprint density at radius 1 is 1.59 bits per heavy atom. The van der Waals surface area contributed by atoms with Crippen molar-refractivity contribution >= 4 is 0 Å². The number of nitrogens with zero attached hydrogens (tertiary/aromatic N) is 1. The molecule has 0 unspecified atom stereocenters. The molecule has 5 nitrogen and oxygen atoms in total.